The van der Waals surface area contributed by atoms with Crippen LogP contribution in [0.2, 0.25) is 0 Å². The zero-order chi connectivity index (χ0) is 26.2. The summed E-state index contributed by atoms with van der Waals surface area (Å²) >= 11 is 0. The molecule has 0 bridgehead atoms. The number of rotatable bonds is 6. The van der Waals surface area contributed by atoms with Crippen LogP contribution in [0.1, 0.15) is 38.0 Å². The van der Waals surface area contributed by atoms with Gasteiger partial charge in [-0.1, -0.05) is 12.1 Å². The van der Waals surface area contributed by atoms with Crippen molar-refractivity contribution in [1.82, 2.24) is 4.90 Å². The number of anilines is 1. The molecule has 0 fully saturated rings. The molecule has 0 aliphatic carbocycles. The summed E-state index contributed by atoms with van der Waals surface area (Å²) in [6, 6.07) is 10.9. The summed E-state index contributed by atoms with van der Waals surface area (Å²) in [6.45, 7) is 0. The molecule has 1 aliphatic rings. The Bertz CT molecular complexity index is 1320. The molecule has 36 heavy (non-hydrogen) atoms. The highest BCUT2D eigenvalue weighted by atomic mass is 19.4. The van der Waals surface area contributed by atoms with E-state index in [-0.39, 0.29) is 28.1 Å². The van der Waals surface area contributed by atoms with Gasteiger partial charge in [-0.25, -0.2) is 4.39 Å². The van der Waals surface area contributed by atoms with Crippen LogP contribution in [0.25, 0.3) is 0 Å². The maximum atomic E-state index is 15.8. The minimum absolute atomic E-state index is 0.0503. The molecule has 3 amide bonds. The van der Waals surface area contributed by atoms with E-state index in [9.17, 15) is 37.7 Å². The Kier molecular flexibility index (Phi) is 6.27. The lowest BCUT2D eigenvalue weighted by Gasteiger charge is -2.28. The van der Waals surface area contributed by atoms with Gasteiger partial charge >= 0.3 is 6.18 Å². The van der Waals surface area contributed by atoms with Gasteiger partial charge in [0.05, 0.1) is 21.6 Å². The first-order valence-corrected chi connectivity index (χ1v) is 10.3. The van der Waals surface area contributed by atoms with Crippen LogP contribution < -0.4 is 5.32 Å². The SMILES string of the molecule is O=C(Nc1ccc(C(F)(F)F)cc1)[C@H]([C@@H](F)c1ccc([N+](=O)[O-])cc1)N1C(=O)c2ccccc2C1=O. The molecule has 1 N–H and O–H groups in total. The fourth-order valence-electron chi connectivity index (χ4n) is 3.76. The van der Waals surface area contributed by atoms with Gasteiger partial charge in [0.25, 0.3) is 23.4 Å². The van der Waals surface area contributed by atoms with E-state index in [1.807, 2.05) is 0 Å². The number of nitro benzene ring substituents is 1. The molecule has 0 spiro atoms. The van der Waals surface area contributed by atoms with Crippen LogP contribution in [0.5, 0.6) is 0 Å². The molecule has 4 rings (SSSR count). The lowest BCUT2D eigenvalue weighted by molar-refractivity contribution is -0.384. The Morgan fingerprint density at radius 1 is 0.889 bits per heavy atom. The summed E-state index contributed by atoms with van der Waals surface area (Å²) in [5.74, 6) is -3.06. The van der Waals surface area contributed by atoms with Gasteiger partial charge in [-0.2, -0.15) is 13.2 Å². The summed E-state index contributed by atoms with van der Waals surface area (Å²) in [7, 11) is 0. The van der Waals surface area contributed by atoms with Gasteiger partial charge in [0, 0.05) is 17.8 Å². The van der Waals surface area contributed by atoms with Crippen LogP contribution in [0.3, 0.4) is 0 Å². The van der Waals surface area contributed by atoms with Crippen LogP contribution in [-0.2, 0) is 11.0 Å². The third kappa shape index (κ3) is 4.52. The van der Waals surface area contributed by atoms with Crippen molar-refractivity contribution in [1.29, 1.82) is 0 Å². The van der Waals surface area contributed by atoms with Crippen molar-refractivity contribution < 1.29 is 36.9 Å². The number of amides is 3. The second-order valence-electron chi connectivity index (χ2n) is 7.79. The summed E-state index contributed by atoms with van der Waals surface area (Å²) < 4.78 is 54.3. The van der Waals surface area contributed by atoms with Gasteiger partial charge in [-0.3, -0.25) is 29.4 Å². The molecule has 0 saturated heterocycles. The Balaban J connectivity index is 1.70. The minimum Gasteiger partial charge on any atom is -0.324 e. The molecule has 0 radical (unpaired) electrons. The average Bonchev–Trinajstić information content (AvgIpc) is 3.09. The number of non-ortho nitro benzene ring substituents is 1. The molecule has 0 aromatic heterocycles. The monoisotopic (exact) mass is 501 g/mol. The largest absolute Gasteiger partial charge is 0.416 e. The number of hydrogen-bond donors (Lipinski definition) is 1. The van der Waals surface area contributed by atoms with E-state index in [4.69, 9.17) is 0 Å². The molecule has 12 heteroatoms. The van der Waals surface area contributed by atoms with E-state index in [1.54, 1.807) is 0 Å². The van der Waals surface area contributed by atoms with E-state index >= 15 is 4.39 Å². The zero-order valence-electron chi connectivity index (χ0n) is 18.0. The number of nitro groups is 1. The van der Waals surface area contributed by atoms with E-state index in [2.05, 4.69) is 5.32 Å². The first-order chi connectivity index (χ1) is 17.0. The Morgan fingerprint density at radius 3 is 1.89 bits per heavy atom. The van der Waals surface area contributed by atoms with Crippen LogP contribution in [0, 0.1) is 10.1 Å². The third-order valence-corrected chi connectivity index (χ3v) is 5.55. The van der Waals surface area contributed by atoms with Crippen molar-refractivity contribution in [2.45, 2.75) is 18.4 Å². The second-order valence-corrected chi connectivity index (χ2v) is 7.79. The van der Waals surface area contributed by atoms with Crippen LogP contribution in [0.4, 0.5) is 28.9 Å². The number of carbonyl (C=O) groups is 3. The quantitative estimate of drug-likeness (QED) is 0.223. The van der Waals surface area contributed by atoms with Gasteiger partial charge in [0.15, 0.2) is 12.2 Å². The summed E-state index contributed by atoms with van der Waals surface area (Å²) in [6.07, 6.45) is -6.94. The standard InChI is InChI=1S/C24H15F4N3O5/c25-19(13-5-11-16(12-6-13)31(35)36)20(30-22(33)17-3-1-2-4-18(17)23(30)34)21(32)29-15-9-7-14(8-10-15)24(26,27)28/h1-12,19-20H,(H,29,32)/t19-,20-/m0/s1. The molecule has 0 unspecified atom stereocenters. The topological polar surface area (TPSA) is 110 Å². The van der Waals surface area contributed by atoms with Crippen molar-refractivity contribution in [3.8, 4) is 0 Å². The van der Waals surface area contributed by atoms with Crippen molar-refractivity contribution >= 4 is 29.1 Å². The first kappa shape index (κ1) is 24.5. The maximum Gasteiger partial charge on any atom is 0.416 e. The number of nitrogens with zero attached hydrogens (tertiary/aromatic N) is 2. The number of halogens is 4. The fourth-order valence-corrected chi connectivity index (χ4v) is 3.76. The average molecular weight is 501 g/mol. The van der Waals surface area contributed by atoms with Crippen molar-refractivity contribution in [3.05, 3.63) is 105 Å². The minimum atomic E-state index is -4.62. The molecule has 3 aromatic carbocycles. The number of fused-ring (bicyclic) bond motifs is 1. The lowest BCUT2D eigenvalue weighted by atomic mass is 10.0. The molecule has 2 atom stereocenters. The second kappa shape index (κ2) is 9.21. The van der Waals surface area contributed by atoms with E-state index < -0.39 is 46.6 Å². The van der Waals surface area contributed by atoms with Crippen molar-refractivity contribution in [2.24, 2.45) is 0 Å². The molecule has 0 saturated carbocycles. The van der Waals surface area contributed by atoms with Crippen LogP contribution in [0.15, 0.2) is 72.8 Å². The summed E-state index contributed by atoms with van der Waals surface area (Å²) in [4.78, 5) is 49.8. The number of alkyl halides is 4. The number of imide groups is 1. The molecule has 1 heterocycles. The lowest BCUT2D eigenvalue weighted by Crippen LogP contribution is -2.49. The van der Waals surface area contributed by atoms with Crippen molar-refractivity contribution in [2.75, 3.05) is 5.32 Å². The van der Waals surface area contributed by atoms with E-state index in [0.717, 1.165) is 36.4 Å². The smallest absolute Gasteiger partial charge is 0.324 e. The number of nitrogens with one attached hydrogen (secondary N) is 1. The van der Waals surface area contributed by atoms with Gasteiger partial charge < -0.3 is 5.32 Å². The highest BCUT2D eigenvalue weighted by molar-refractivity contribution is 6.23. The first-order valence-electron chi connectivity index (χ1n) is 10.3. The molecular weight excluding hydrogens is 486 g/mol. The maximum absolute atomic E-state index is 15.8. The normalized spacial score (nSPS) is 14.8. The predicted molar refractivity (Wildman–Crippen MR) is 118 cm³/mol. The van der Waals surface area contributed by atoms with Gasteiger partial charge in [0.2, 0.25) is 0 Å². The molecule has 1 aliphatic heterocycles. The highest BCUT2D eigenvalue weighted by Crippen LogP contribution is 2.34. The van der Waals surface area contributed by atoms with E-state index in [0.29, 0.717) is 17.0 Å². The molecule has 184 valence electrons. The third-order valence-electron chi connectivity index (χ3n) is 5.55. The fraction of sp³-hybridized carbons (Fsp3) is 0.125. The van der Waals surface area contributed by atoms with E-state index in [1.165, 1.54) is 24.3 Å². The van der Waals surface area contributed by atoms with Gasteiger partial charge in [-0.05, 0) is 54.1 Å². The number of benzene rings is 3. The number of hydrogen-bond acceptors (Lipinski definition) is 5. The zero-order valence-corrected chi connectivity index (χ0v) is 18.0. The number of carbonyl (C=O) groups excluding carboxylic acids is 3. The van der Waals surface area contributed by atoms with Crippen LogP contribution >= 0.6 is 0 Å². The molecule has 3 aromatic rings. The molecular formula is C24H15F4N3O5. The Hall–Kier alpha value is -4.61. The highest BCUT2D eigenvalue weighted by Gasteiger charge is 2.47. The van der Waals surface area contributed by atoms with Gasteiger partial charge in [0.1, 0.15) is 0 Å². The summed E-state index contributed by atoms with van der Waals surface area (Å²) in [5.41, 5.74) is -1.80. The van der Waals surface area contributed by atoms with Gasteiger partial charge in [-0.15, -0.1) is 0 Å². The Morgan fingerprint density at radius 2 is 1.42 bits per heavy atom. The molecule has 8 nitrogen and oxygen atoms in total. The van der Waals surface area contributed by atoms with Crippen molar-refractivity contribution in [3.63, 3.8) is 0 Å². The summed E-state index contributed by atoms with van der Waals surface area (Å²) in [5, 5.41) is 13.2. The van der Waals surface area contributed by atoms with Crippen LogP contribution in [-0.4, -0.2) is 33.6 Å². The predicted octanol–water partition coefficient (Wildman–Crippen LogP) is 4.93. The Labute approximate surface area is 200 Å².